The molecule has 1 aliphatic heterocycles. The SMILES string of the molecule is O=C1CNCC[N+]1=O. The van der Waals surface area contributed by atoms with Crippen LogP contribution in [0.1, 0.15) is 0 Å². The van der Waals surface area contributed by atoms with Gasteiger partial charge in [-0.2, -0.15) is 0 Å². The van der Waals surface area contributed by atoms with E-state index in [4.69, 9.17) is 0 Å². The molecule has 4 heteroatoms. The number of piperazine rings is 1. The summed E-state index contributed by atoms with van der Waals surface area (Å²) in [4.78, 5) is 20.7. The van der Waals surface area contributed by atoms with Gasteiger partial charge in [0.05, 0.1) is 11.3 Å². The fourth-order valence-corrected chi connectivity index (χ4v) is 0.589. The van der Waals surface area contributed by atoms with Crippen molar-refractivity contribution in [2.24, 2.45) is 0 Å². The second-order valence-corrected chi connectivity index (χ2v) is 1.67. The van der Waals surface area contributed by atoms with Crippen LogP contribution in [-0.4, -0.2) is 30.3 Å². The van der Waals surface area contributed by atoms with Gasteiger partial charge in [0.2, 0.25) is 6.54 Å². The number of rotatable bonds is 0. The number of nitroso groups, excluding NO2 is 1. The lowest BCUT2D eigenvalue weighted by Crippen LogP contribution is -2.41. The van der Waals surface area contributed by atoms with E-state index in [0.717, 1.165) is 0 Å². The molecule has 0 unspecified atom stereocenters. The molecule has 0 atom stereocenters. The lowest BCUT2D eigenvalue weighted by molar-refractivity contribution is -0.472. The highest BCUT2D eigenvalue weighted by atomic mass is 16.3. The van der Waals surface area contributed by atoms with Gasteiger partial charge < -0.3 is 0 Å². The first-order chi connectivity index (χ1) is 3.80. The van der Waals surface area contributed by atoms with Gasteiger partial charge in [0, 0.05) is 4.91 Å². The second kappa shape index (κ2) is 2.00. The summed E-state index contributed by atoms with van der Waals surface area (Å²) in [5.74, 6) is -0.365. The number of carbonyl (C=O) groups excluding carboxylic acids is 1. The molecule has 1 amide bonds. The quantitative estimate of drug-likeness (QED) is 0.407. The smallest absolute Gasteiger partial charge is 0.298 e. The number of hydrogen-bond acceptors (Lipinski definition) is 3. The fourth-order valence-electron chi connectivity index (χ4n) is 0.589. The third kappa shape index (κ3) is 0.894. The highest BCUT2D eigenvalue weighted by Crippen LogP contribution is 1.80. The van der Waals surface area contributed by atoms with Gasteiger partial charge in [-0.15, -0.1) is 0 Å². The molecule has 1 fully saturated rings. The summed E-state index contributed by atoms with van der Waals surface area (Å²) in [6.07, 6.45) is 0. The van der Waals surface area contributed by atoms with E-state index in [1.807, 2.05) is 0 Å². The third-order valence-corrected chi connectivity index (χ3v) is 1.05. The van der Waals surface area contributed by atoms with Crippen molar-refractivity contribution in [1.82, 2.24) is 5.32 Å². The van der Waals surface area contributed by atoms with Crippen molar-refractivity contribution in [1.29, 1.82) is 0 Å². The van der Waals surface area contributed by atoms with E-state index in [-0.39, 0.29) is 12.5 Å². The molecule has 1 heterocycles. The zero-order valence-electron chi connectivity index (χ0n) is 4.39. The molecule has 8 heavy (non-hydrogen) atoms. The molecule has 1 rings (SSSR count). The summed E-state index contributed by atoms with van der Waals surface area (Å²) in [5.41, 5.74) is 0. The molecule has 44 valence electrons. The predicted octanol–water partition coefficient (Wildman–Crippen LogP) is -1.10. The molecule has 0 aromatic heterocycles. The summed E-state index contributed by atoms with van der Waals surface area (Å²) in [7, 11) is 0. The highest BCUT2D eigenvalue weighted by Gasteiger charge is 2.24. The van der Waals surface area contributed by atoms with Crippen molar-refractivity contribution >= 4 is 5.91 Å². The predicted molar refractivity (Wildman–Crippen MR) is 26.4 cm³/mol. The lowest BCUT2D eigenvalue weighted by Gasteiger charge is -2.00. The maximum absolute atomic E-state index is 10.3. The van der Waals surface area contributed by atoms with Gasteiger partial charge >= 0.3 is 5.91 Å². The van der Waals surface area contributed by atoms with Crippen LogP contribution in [0.2, 0.25) is 0 Å². The van der Waals surface area contributed by atoms with E-state index in [9.17, 15) is 9.70 Å². The zero-order chi connectivity index (χ0) is 5.98. The van der Waals surface area contributed by atoms with Gasteiger partial charge in [-0.3, -0.25) is 5.32 Å². The van der Waals surface area contributed by atoms with Crippen LogP contribution in [0.25, 0.3) is 0 Å². The molecular weight excluding hydrogens is 108 g/mol. The molecule has 1 aliphatic rings. The van der Waals surface area contributed by atoms with E-state index >= 15 is 0 Å². The van der Waals surface area contributed by atoms with Crippen molar-refractivity contribution < 1.29 is 9.55 Å². The molecule has 0 aromatic rings. The van der Waals surface area contributed by atoms with Crippen LogP contribution in [0.15, 0.2) is 0 Å². The monoisotopic (exact) mass is 115 g/mol. The van der Waals surface area contributed by atoms with Crippen LogP contribution < -0.4 is 5.32 Å². The van der Waals surface area contributed by atoms with Gasteiger partial charge in [-0.1, -0.05) is 0 Å². The largest absolute Gasteiger partial charge is 0.446 e. The van der Waals surface area contributed by atoms with E-state index in [0.29, 0.717) is 17.8 Å². The summed E-state index contributed by atoms with van der Waals surface area (Å²) >= 11 is 0. The first-order valence-corrected chi connectivity index (χ1v) is 2.49. The van der Waals surface area contributed by atoms with Crippen LogP contribution in [0.4, 0.5) is 0 Å². The topological polar surface area (TPSA) is 49.2 Å². The molecule has 1 saturated heterocycles. The minimum absolute atomic E-state index is 0.198. The van der Waals surface area contributed by atoms with Crippen molar-refractivity contribution in [3.05, 3.63) is 4.91 Å². The van der Waals surface area contributed by atoms with Gasteiger partial charge in [-0.05, 0) is 0 Å². The van der Waals surface area contributed by atoms with Crippen LogP contribution in [0, 0.1) is 4.91 Å². The molecule has 0 aliphatic carbocycles. The second-order valence-electron chi connectivity index (χ2n) is 1.67. The maximum Gasteiger partial charge on any atom is 0.446 e. The molecule has 0 saturated carbocycles. The minimum atomic E-state index is -0.365. The van der Waals surface area contributed by atoms with Gasteiger partial charge in [0.1, 0.15) is 6.54 Å². The number of hydrogen-bond donors (Lipinski definition) is 1. The molecule has 1 N–H and O–H groups in total. The Morgan fingerprint density at radius 3 is 2.75 bits per heavy atom. The Hall–Kier alpha value is -0.770. The van der Waals surface area contributed by atoms with Crippen molar-refractivity contribution in [2.45, 2.75) is 0 Å². The number of nitrogens with one attached hydrogen (secondary N) is 1. The Kier molecular flexibility index (Phi) is 1.34. The Bertz CT molecular complexity index is 116. The molecule has 0 radical (unpaired) electrons. The van der Waals surface area contributed by atoms with Crippen LogP contribution >= 0.6 is 0 Å². The third-order valence-electron chi connectivity index (χ3n) is 1.05. The van der Waals surface area contributed by atoms with E-state index in [2.05, 4.69) is 5.32 Å². The number of amides is 1. The van der Waals surface area contributed by atoms with Crippen LogP contribution in [-0.2, 0) is 4.79 Å². The van der Waals surface area contributed by atoms with Crippen molar-refractivity contribution in [2.75, 3.05) is 19.6 Å². The normalized spacial score (nSPS) is 21.5. The van der Waals surface area contributed by atoms with Gasteiger partial charge in [-0.25, -0.2) is 4.79 Å². The number of nitrogens with zero attached hydrogens (tertiary/aromatic N) is 1. The number of carbonyl (C=O) groups is 1. The van der Waals surface area contributed by atoms with Crippen LogP contribution in [0.3, 0.4) is 0 Å². The van der Waals surface area contributed by atoms with E-state index < -0.39 is 0 Å². The van der Waals surface area contributed by atoms with E-state index in [1.54, 1.807) is 0 Å². The van der Waals surface area contributed by atoms with E-state index in [1.165, 1.54) is 0 Å². The Labute approximate surface area is 46.4 Å². The molecular formula is C4H7N2O2+. The Morgan fingerprint density at radius 1 is 1.62 bits per heavy atom. The summed E-state index contributed by atoms with van der Waals surface area (Å²) < 4.78 is 0.483. The first-order valence-electron chi connectivity index (χ1n) is 2.49. The molecule has 0 spiro atoms. The Morgan fingerprint density at radius 2 is 2.38 bits per heavy atom. The average Bonchev–Trinajstić information content (AvgIpc) is 1.77. The fraction of sp³-hybridized carbons (Fsp3) is 0.750. The first kappa shape index (κ1) is 5.37. The maximum atomic E-state index is 10.3. The van der Waals surface area contributed by atoms with Crippen molar-refractivity contribution in [3.63, 3.8) is 0 Å². The van der Waals surface area contributed by atoms with Crippen LogP contribution in [0.5, 0.6) is 0 Å². The van der Waals surface area contributed by atoms with Gasteiger partial charge in [0.15, 0.2) is 0 Å². The minimum Gasteiger partial charge on any atom is -0.298 e. The Balaban J connectivity index is 2.52. The highest BCUT2D eigenvalue weighted by molar-refractivity contribution is 5.69. The van der Waals surface area contributed by atoms with Gasteiger partial charge in [0.25, 0.3) is 0 Å². The lowest BCUT2D eigenvalue weighted by atomic mass is 10.4. The molecule has 0 bridgehead atoms. The average molecular weight is 115 g/mol. The molecule has 0 aromatic carbocycles. The summed E-state index contributed by atoms with van der Waals surface area (Å²) in [6.45, 7) is 1.11. The summed E-state index contributed by atoms with van der Waals surface area (Å²) in [5, 5.41) is 2.77. The summed E-state index contributed by atoms with van der Waals surface area (Å²) in [6, 6.07) is 0. The molecule has 4 nitrogen and oxygen atoms in total. The standard InChI is InChI=1S/C4H7N2O2/c7-4-3-5-1-2-6(4)8/h5H,1-3H2/q+1. The van der Waals surface area contributed by atoms with Crippen molar-refractivity contribution in [3.8, 4) is 0 Å². The zero-order valence-corrected chi connectivity index (χ0v) is 4.39.